The van der Waals surface area contributed by atoms with Crippen LogP contribution >= 0.6 is 0 Å². The molecule has 172 valence electrons. The molecule has 8 heteroatoms. The summed E-state index contributed by atoms with van der Waals surface area (Å²) in [6.07, 6.45) is -4.51. The number of halogens is 3. The number of hydrogen-bond donors (Lipinski definition) is 1. The summed E-state index contributed by atoms with van der Waals surface area (Å²) in [5.74, 6) is -0.368. The van der Waals surface area contributed by atoms with Gasteiger partial charge in [-0.15, -0.1) is 0 Å². The van der Waals surface area contributed by atoms with Gasteiger partial charge in [0.2, 0.25) is 0 Å². The van der Waals surface area contributed by atoms with Crippen molar-refractivity contribution in [2.45, 2.75) is 26.1 Å². The third-order valence-electron chi connectivity index (χ3n) is 4.89. The van der Waals surface area contributed by atoms with Crippen molar-refractivity contribution < 1.29 is 32.6 Å². The van der Waals surface area contributed by atoms with E-state index in [4.69, 9.17) is 14.7 Å². The Kier molecular flexibility index (Phi) is 7.37. The zero-order chi connectivity index (χ0) is 24.0. The van der Waals surface area contributed by atoms with Crippen LogP contribution in [0, 0.1) is 0 Å². The summed E-state index contributed by atoms with van der Waals surface area (Å²) in [4.78, 5) is 16.3. The first-order valence-corrected chi connectivity index (χ1v) is 9.99. The van der Waals surface area contributed by atoms with Gasteiger partial charge in [-0.2, -0.15) is 13.2 Å². The third-order valence-corrected chi connectivity index (χ3v) is 4.89. The average Bonchev–Trinajstić information content (AvgIpc) is 2.78. The minimum absolute atomic E-state index is 0.0826. The number of ether oxygens (including phenoxy) is 1. The zero-order valence-corrected chi connectivity index (χ0v) is 18.0. The van der Waals surface area contributed by atoms with Crippen LogP contribution in [0.25, 0.3) is 11.1 Å². The highest BCUT2D eigenvalue weighted by molar-refractivity contribution is 6.01. The van der Waals surface area contributed by atoms with Crippen LogP contribution in [0.3, 0.4) is 0 Å². The average molecular weight is 457 g/mol. The molecule has 5 nitrogen and oxygen atoms in total. The normalized spacial score (nSPS) is 11.8. The highest BCUT2D eigenvalue weighted by atomic mass is 19.4. The van der Waals surface area contributed by atoms with Crippen LogP contribution in [0.15, 0.2) is 71.9 Å². The van der Waals surface area contributed by atoms with Gasteiger partial charge in [0.15, 0.2) is 0 Å². The van der Waals surface area contributed by atoms with Gasteiger partial charge in [-0.1, -0.05) is 47.6 Å². The molecular formula is C25H22F3NO4. The summed E-state index contributed by atoms with van der Waals surface area (Å²) in [6.45, 7) is 1.58. The maximum Gasteiger partial charge on any atom is 0.416 e. The minimum Gasteiger partial charge on any atom is -0.496 e. The molecule has 0 saturated heterocycles. The molecule has 0 bridgehead atoms. The summed E-state index contributed by atoms with van der Waals surface area (Å²) in [5, 5.41) is 13.1. The van der Waals surface area contributed by atoms with Gasteiger partial charge in [0.1, 0.15) is 12.4 Å². The molecular weight excluding hydrogens is 435 g/mol. The van der Waals surface area contributed by atoms with Crippen LogP contribution in [0.2, 0.25) is 0 Å². The molecule has 33 heavy (non-hydrogen) atoms. The van der Waals surface area contributed by atoms with E-state index in [0.29, 0.717) is 28.2 Å². The molecule has 0 atom stereocenters. The topological polar surface area (TPSA) is 68.1 Å². The van der Waals surface area contributed by atoms with Crippen molar-refractivity contribution in [2.75, 3.05) is 7.11 Å². The van der Waals surface area contributed by atoms with Crippen molar-refractivity contribution in [2.24, 2.45) is 5.16 Å². The van der Waals surface area contributed by atoms with Crippen LogP contribution in [0.1, 0.15) is 29.2 Å². The molecule has 0 unspecified atom stereocenters. The lowest BCUT2D eigenvalue weighted by molar-refractivity contribution is -0.138. The van der Waals surface area contributed by atoms with Crippen LogP contribution in [0.4, 0.5) is 13.2 Å². The number of carbonyl (C=O) groups is 1. The summed E-state index contributed by atoms with van der Waals surface area (Å²) >= 11 is 0. The van der Waals surface area contributed by atoms with E-state index in [1.807, 2.05) is 18.2 Å². The predicted octanol–water partition coefficient (Wildman–Crippen LogP) is 5.95. The van der Waals surface area contributed by atoms with Gasteiger partial charge in [0, 0.05) is 5.56 Å². The number of oxime groups is 1. The van der Waals surface area contributed by atoms with Crippen LogP contribution in [0.5, 0.6) is 5.75 Å². The van der Waals surface area contributed by atoms with Gasteiger partial charge >= 0.3 is 12.1 Å². The SMILES string of the molecule is COc1ccc(-c2cccc(CC(=O)O)c2)cc1C(C)=NOCc1cccc(C(F)(F)F)c1. The summed E-state index contributed by atoms with van der Waals surface area (Å²) in [5.41, 5.74) is 3.04. The molecule has 0 heterocycles. The fraction of sp³-hybridized carbons (Fsp3) is 0.200. The number of carboxylic acids is 1. The Balaban J connectivity index is 1.82. The second-order valence-electron chi connectivity index (χ2n) is 7.33. The first-order valence-electron chi connectivity index (χ1n) is 9.99. The molecule has 0 saturated carbocycles. The second-order valence-corrected chi connectivity index (χ2v) is 7.33. The maximum atomic E-state index is 12.9. The Labute approximate surface area is 189 Å². The Morgan fingerprint density at radius 2 is 1.67 bits per heavy atom. The Bertz CT molecular complexity index is 1170. The number of aliphatic carboxylic acids is 1. The van der Waals surface area contributed by atoms with E-state index in [2.05, 4.69) is 5.16 Å². The van der Waals surface area contributed by atoms with E-state index in [9.17, 15) is 18.0 Å². The minimum atomic E-state index is -4.43. The summed E-state index contributed by atoms with van der Waals surface area (Å²) in [6, 6.07) is 17.5. The van der Waals surface area contributed by atoms with E-state index >= 15 is 0 Å². The first kappa shape index (κ1) is 23.8. The molecule has 1 N–H and O–H groups in total. The number of rotatable bonds is 8. The fourth-order valence-corrected chi connectivity index (χ4v) is 3.30. The van der Waals surface area contributed by atoms with E-state index in [1.165, 1.54) is 19.2 Å². The van der Waals surface area contributed by atoms with Crippen molar-refractivity contribution in [3.63, 3.8) is 0 Å². The van der Waals surface area contributed by atoms with Crippen molar-refractivity contribution >= 4 is 11.7 Å². The number of nitrogens with zero attached hydrogens (tertiary/aromatic N) is 1. The van der Waals surface area contributed by atoms with Gasteiger partial charge < -0.3 is 14.7 Å². The molecule has 3 aromatic rings. The molecule has 3 rings (SSSR count). The van der Waals surface area contributed by atoms with Crippen molar-refractivity contribution in [3.8, 4) is 16.9 Å². The number of methoxy groups -OCH3 is 1. The van der Waals surface area contributed by atoms with Crippen LogP contribution in [-0.4, -0.2) is 23.9 Å². The van der Waals surface area contributed by atoms with Crippen molar-refractivity contribution in [3.05, 3.63) is 89.0 Å². The first-order chi connectivity index (χ1) is 15.7. The molecule has 0 aliphatic heterocycles. The van der Waals surface area contributed by atoms with Crippen molar-refractivity contribution in [1.29, 1.82) is 0 Å². The van der Waals surface area contributed by atoms with Gasteiger partial charge in [-0.3, -0.25) is 4.79 Å². The summed E-state index contributed by atoms with van der Waals surface area (Å²) in [7, 11) is 1.52. The Hall–Kier alpha value is -3.81. The van der Waals surface area contributed by atoms with Gasteiger partial charge in [0.25, 0.3) is 0 Å². The number of benzene rings is 3. The standard InChI is InChI=1S/C25H22F3NO4/c1-16(29-33-15-18-6-4-8-21(12-18)25(26,27)28)22-14-20(9-10-23(22)32-2)19-7-3-5-17(11-19)13-24(30)31/h3-12,14H,13,15H2,1-2H3,(H,30,31). The number of carboxylic acid groups (broad SMARTS) is 1. The highest BCUT2D eigenvalue weighted by Gasteiger charge is 2.30. The van der Waals surface area contributed by atoms with Crippen molar-refractivity contribution in [1.82, 2.24) is 0 Å². The molecule has 0 fully saturated rings. The predicted molar refractivity (Wildman–Crippen MR) is 118 cm³/mol. The van der Waals surface area contributed by atoms with E-state index < -0.39 is 17.7 Å². The molecule has 0 aromatic heterocycles. The van der Waals surface area contributed by atoms with E-state index in [1.54, 1.807) is 31.2 Å². The second kappa shape index (κ2) is 10.2. The van der Waals surface area contributed by atoms with Gasteiger partial charge in [-0.05, 0) is 53.4 Å². The summed E-state index contributed by atoms with van der Waals surface area (Å²) < 4.78 is 44.0. The molecule has 0 radical (unpaired) electrons. The lowest BCUT2D eigenvalue weighted by Crippen LogP contribution is -2.05. The fourth-order valence-electron chi connectivity index (χ4n) is 3.30. The monoisotopic (exact) mass is 457 g/mol. The molecule has 0 spiro atoms. The lowest BCUT2D eigenvalue weighted by atomic mass is 9.98. The number of hydrogen-bond acceptors (Lipinski definition) is 4. The van der Waals surface area contributed by atoms with Gasteiger partial charge in [-0.25, -0.2) is 0 Å². The Morgan fingerprint density at radius 3 is 2.36 bits per heavy atom. The molecule has 0 aliphatic rings. The molecule has 3 aromatic carbocycles. The smallest absolute Gasteiger partial charge is 0.416 e. The van der Waals surface area contributed by atoms with Gasteiger partial charge in [0.05, 0.1) is 24.8 Å². The quantitative estimate of drug-likeness (QED) is 0.335. The van der Waals surface area contributed by atoms with E-state index in [0.717, 1.165) is 23.3 Å². The van der Waals surface area contributed by atoms with Crippen LogP contribution in [-0.2, 0) is 28.8 Å². The highest BCUT2D eigenvalue weighted by Crippen LogP contribution is 2.30. The molecule has 0 amide bonds. The third kappa shape index (κ3) is 6.35. The maximum absolute atomic E-state index is 12.9. The van der Waals surface area contributed by atoms with E-state index in [-0.39, 0.29) is 13.0 Å². The molecule has 0 aliphatic carbocycles. The largest absolute Gasteiger partial charge is 0.496 e. The van der Waals surface area contributed by atoms with Crippen LogP contribution < -0.4 is 4.74 Å². The lowest BCUT2D eigenvalue weighted by Gasteiger charge is -2.12. The zero-order valence-electron chi connectivity index (χ0n) is 18.0. The number of alkyl halides is 3. The Morgan fingerprint density at radius 1 is 0.970 bits per heavy atom.